The molecule has 1 unspecified atom stereocenters. The quantitative estimate of drug-likeness (QED) is 0.602. The van der Waals surface area contributed by atoms with Crippen molar-refractivity contribution in [2.24, 2.45) is 22.7 Å². The third kappa shape index (κ3) is 2.12. The summed E-state index contributed by atoms with van der Waals surface area (Å²) in [7, 11) is 0. The van der Waals surface area contributed by atoms with Crippen molar-refractivity contribution in [2.75, 3.05) is 6.61 Å². The Labute approximate surface area is 168 Å². The molecule has 0 aromatic carbocycles. The lowest BCUT2D eigenvalue weighted by atomic mass is 9.45. The number of hydrogen-bond acceptors (Lipinski definition) is 5. The molecule has 5 nitrogen and oxygen atoms in total. The predicted molar refractivity (Wildman–Crippen MR) is 100 cm³/mol. The molecule has 0 bridgehead atoms. The van der Waals surface area contributed by atoms with Gasteiger partial charge in [0.1, 0.15) is 18.4 Å². The molecule has 0 aromatic heterocycles. The monoisotopic (exact) mass is 412 g/mol. The van der Waals surface area contributed by atoms with Crippen LogP contribution in [0.5, 0.6) is 0 Å². The number of ketones is 2. The number of aliphatic hydroxyl groups is 3. The van der Waals surface area contributed by atoms with Crippen molar-refractivity contribution in [1.29, 1.82) is 0 Å². The molecule has 8 atom stereocenters. The molecule has 0 amide bonds. The van der Waals surface area contributed by atoms with Crippen molar-refractivity contribution in [3.8, 4) is 0 Å². The number of carbonyl (C=O) groups is 2. The highest BCUT2D eigenvalue weighted by molar-refractivity contribution is 6.26. The molecule has 7 heteroatoms. The Morgan fingerprint density at radius 2 is 2.04 bits per heavy atom. The van der Waals surface area contributed by atoms with Crippen molar-refractivity contribution in [3.63, 3.8) is 0 Å². The Morgan fingerprint density at radius 1 is 1.36 bits per heavy atom. The van der Waals surface area contributed by atoms with E-state index in [9.17, 15) is 24.9 Å². The molecule has 0 spiro atoms. The molecule has 4 rings (SSSR count). The Kier molecular flexibility index (Phi) is 4.31. The number of Topliss-reactive ketones (excluding diaryl/α,β-unsaturated/α-hetero) is 1. The summed E-state index contributed by atoms with van der Waals surface area (Å²) in [6.07, 6.45) is 2.40. The van der Waals surface area contributed by atoms with Gasteiger partial charge in [-0.1, -0.05) is 19.9 Å². The van der Waals surface area contributed by atoms with E-state index in [-0.39, 0.29) is 36.5 Å². The Morgan fingerprint density at radius 3 is 2.68 bits per heavy atom. The zero-order valence-electron chi connectivity index (χ0n) is 16.0. The molecular formula is C21H26ClFO5. The van der Waals surface area contributed by atoms with Gasteiger partial charge in [0, 0.05) is 10.8 Å². The first-order valence-corrected chi connectivity index (χ1v) is 10.2. The second kappa shape index (κ2) is 5.97. The molecule has 4 aliphatic rings. The maximum absolute atomic E-state index is 15.2. The van der Waals surface area contributed by atoms with E-state index < -0.39 is 51.9 Å². The largest absolute Gasteiger partial charge is 0.391 e. The molecule has 0 saturated heterocycles. The smallest absolute Gasteiger partial charge is 0.190 e. The average Bonchev–Trinajstić information content (AvgIpc) is 2.91. The van der Waals surface area contributed by atoms with Crippen LogP contribution in [-0.2, 0) is 9.59 Å². The van der Waals surface area contributed by atoms with Gasteiger partial charge < -0.3 is 15.3 Å². The van der Waals surface area contributed by atoms with Crippen LogP contribution in [0, 0.1) is 22.7 Å². The maximum atomic E-state index is 15.2. The summed E-state index contributed by atoms with van der Waals surface area (Å²) in [6.45, 7) is 2.70. The van der Waals surface area contributed by atoms with E-state index in [0.29, 0.717) is 6.42 Å². The Bertz CT molecular complexity index is 811. The van der Waals surface area contributed by atoms with E-state index in [2.05, 4.69) is 0 Å². The van der Waals surface area contributed by atoms with Gasteiger partial charge in [0.05, 0.1) is 11.0 Å². The molecule has 4 aliphatic carbocycles. The highest BCUT2D eigenvalue weighted by Crippen LogP contribution is 2.70. The van der Waals surface area contributed by atoms with Crippen molar-refractivity contribution < 1.29 is 29.3 Å². The molecule has 0 heterocycles. The van der Waals surface area contributed by atoms with Crippen LogP contribution < -0.4 is 0 Å². The van der Waals surface area contributed by atoms with Gasteiger partial charge in [-0.2, -0.15) is 0 Å². The molecule has 3 fully saturated rings. The number of halogens is 2. The van der Waals surface area contributed by atoms with Crippen molar-refractivity contribution in [3.05, 3.63) is 23.8 Å². The van der Waals surface area contributed by atoms with E-state index in [4.69, 9.17) is 11.6 Å². The molecule has 3 saturated carbocycles. The number of hydrogen-bond donors (Lipinski definition) is 3. The fourth-order valence-corrected chi connectivity index (χ4v) is 7.29. The SMILES string of the molecule is C[C@]12C=CC(=O)C=C1C(F)C[C@H]1[C@@H]3CC[C@](O)(C(=O)CO)[C@@]3(C)C[C@H](O)[C@@]12Cl. The molecular weight excluding hydrogens is 387 g/mol. The maximum Gasteiger partial charge on any atom is 0.190 e. The van der Waals surface area contributed by atoms with Crippen LogP contribution in [0.4, 0.5) is 4.39 Å². The van der Waals surface area contributed by atoms with Crippen LogP contribution in [0.1, 0.15) is 39.5 Å². The van der Waals surface area contributed by atoms with E-state index in [0.717, 1.165) is 0 Å². The minimum atomic E-state index is -1.77. The van der Waals surface area contributed by atoms with Gasteiger partial charge in [0.2, 0.25) is 0 Å². The number of carbonyl (C=O) groups excluding carboxylic acids is 2. The first-order chi connectivity index (χ1) is 13.0. The van der Waals surface area contributed by atoms with Gasteiger partial charge in [-0.05, 0) is 55.2 Å². The van der Waals surface area contributed by atoms with Crippen LogP contribution in [0.15, 0.2) is 23.8 Å². The summed E-state index contributed by atoms with van der Waals surface area (Å²) in [5.74, 6) is -1.77. The number of aliphatic hydroxyl groups excluding tert-OH is 2. The van der Waals surface area contributed by atoms with Gasteiger partial charge >= 0.3 is 0 Å². The lowest BCUT2D eigenvalue weighted by molar-refractivity contribution is -0.175. The van der Waals surface area contributed by atoms with Crippen LogP contribution in [-0.4, -0.2) is 56.2 Å². The number of alkyl halides is 2. The first-order valence-electron chi connectivity index (χ1n) is 9.78. The molecule has 154 valence electrons. The summed E-state index contributed by atoms with van der Waals surface area (Å²) in [5.41, 5.74) is -3.55. The zero-order chi connectivity index (χ0) is 20.7. The third-order valence-electron chi connectivity index (χ3n) is 8.39. The summed E-state index contributed by atoms with van der Waals surface area (Å²) >= 11 is 7.15. The molecule has 3 N–H and O–H groups in total. The van der Waals surface area contributed by atoms with Crippen molar-refractivity contribution in [2.45, 2.75) is 62.3 Å². The minimum absolute atomic E-state index is 0.0206. The van der Waals surface area contributed by atoms with E-state index >= 15 is 4.39 Å². The molecule has 0 aliphatic heterocycles. The van der Waals surface area contributed by atoms with Crippen molar-refractivity contribution >= 4 is 23.2 Å². The van der Waals surface area contributed by atoms with E-state index in [1.54, 1.807) is 19.9 Å². The van der Waals surface area contributed by atoms with Crippen molar-refractivity contribution in [1.82, 2.24) is 0 Å². The molecule has 0 radical (unpaired) electrons. The lowest BCUT2D eigenvalue weighted by Crippen LogP contribution is -2.69. The minimum Gasteiger partial charge on any atom is -0.391 e. The fourth-order valence-electron chi connectivity index (χ4n) is 6.80. The Hall–Kier alpha value is -1.08. The second-order valence-electron chi connectivity index (χ2n) is 9.34. The number of allylic oxidation sites excluding steroid dienone is 4. The summed E-state index contributed by atoms with van der Waals surface area (Å²) in [4.78, 5) is 23.0. The van der Waals surface area contributed by atoms with Gasteiger partial charge in [-0.3, -0.25) is 9.59 Å². The second-order valence-corrected chi connectivity index (χ2v) is 9.97. The fraction of sp³-hybridized carbons (Fsp3) is 0.714. The standard InChI is InChI=1S/C21H26ClFO5/c1-18-5-3-11(25)7-14(18)15(23)8-13-12-4-6-20(28,17(27)10-24)19(12,2)9-16(26)21(13,18)22/h3,5,7,12-13,15-16,24,26,28H,4,6,8-10H2,1-2H3/t12-,13-,15?,16-,18-,19-,20-,21-/m0/s1. The van der Waals surface area contributed by atoms with Gasteiger partial charge in [-0.15, -0.1) is 11.6 Å². The third-order valence-corrected chi connectivity index (χ3v) is 9.31. The average molecular weight is 413 g/mol. The zero-order valence-corrected chi connectivity index (χ0v) is 16.7. The van der Waals surface area contributed by atoms with Crippen LogP contribution >= 0.6 is 11.6 Å². The predicted octanol–water partition coefficient (Wildman–Crippen LogP) is 1.87. The highest BCUT2D eigenvalue weighted by Gasteiger charge is 2.73. The topological polar surface area (TPSA) is 94.8 Å². The lowest BCUT2D eigenvalue weighted by Gasteiger charge is -2.64. The van der Waals surface area contributed by atoms with Crippen LogP contribution in [0.3, 0.4) is 0 Å². The van der Waals surface area contributed by atoms with Gasteiger partial charge in [0.25, 0.3) is 0 Å². The van der Waals surface area contributed by atoms with E-state index in [1.165, 1.54) is 12.2 Å². The normalized spacial score (nSPS) is 52.5. The van der Waals surface area contributed by atoms with Crippen LogP contribution in [0.2, 0.25) is 0 Å². The first kappa shape index (κ1) is 20.2. The number of rotatable bonds is 2. The highest BCUT2D eigenvalue weighted by atomic mass is 35.5. The summed E-state index contributed by atoms with van der Waals surface area (Å²) < 4.78 is 15.2. The molecule has 28 heavy (non-hydrogen) atoms. The van der Waals surface area contributed by atoms with E-state index in [1.807, 2.05) is 0 Å². The molecule has 0 aromatic rings. The number of fused-ring (bicyclic) bond motifs is 5. The summed E-state index contributed by atoms with van der Waals surface area (Å²) in [6, 6.07) is 0. The van der Waals surface area contributed by atoms with Gasteiger partial charge in [0.15, 0.2) is 11.6 Å². The van der Waals surface area contributed by atoms with Crippen LogP contribution in [0.25, 0.3) is 0 Å². The Balaban J connectivity index is 1.84. The van der Waals surface area contributed by atoms with Gasteiger partial charge in [-0.25, -0.2) is 4.39 Å². The summed E-state index contributed by atoms with van der Waals surface area (Å²) in [5, 5.41) is 31.8.